The van der Waals surface area contributed by atoms with Crippen molar-refractivity contribution in [2.24, 2.45) is 0 Å². The number of ether oxygens (including phenoxy) is 2. The number of nitrogens with one attached hydrogen (secondary N) is 2. The molecule has 0 radical (unpaired) electrons. The van der Waals surface area contributed by atoms with Crippen LogP contribution < -0.4 is 20.1 Å². The van der Waals surface area contributed by atoms with Crippen LogP contribution in [0.15, 0.2) is 48.7 Å². The molecule has 3 rings (SSSR count). The molecule has 0 bridgehead atoms. The van der Waals surface area contributed by atoms with Gasteiger partial charge in [-0.2, -0.15) is 10.1 Å². The van der Waals surface area contributed by atoms with Gasteiger partial charge < -0.3 is 20.1 Å². The van der Waals surface area contributed by atoms with Crippen molar-refractivity contribution in [2.75, 3.05) is 24.9 Å². The Balaban J connectivity index is 1.79. The molecular weight excluding hydrogens is 318 g/mol. The Bertz CT molecular complexity index is 870. The van der Waals surface area contributed by atoms with Crippen LogP contribution in [0.25, 0.3) is 0 Å². The second kappa shape index (κ2) is 7.48. The summed E-state index contributed by atoms with van der Waals surface area (Å²) in [4.78, 5) is 4.43. The zero-order valence-corrected chi connectivity index (χ0v) is 14.3. The van der Waals surface area contributed by atoms with Gasteiger partial charge in [-0.15, -0.1) is 5.10 Å². The van der Waals surface area contributed by atoms with Gasteiger partial charge in [0.2, 0.25) is 5.95 Å². The zero-order valence-electron chi connectivity index (χ0n) is 14.3. The third-order valence-electron chi connectivity index (χ3n) is 3.61. The first-order valence-corrected chi connectivity index (χ1v) is 7.71. The molecule has 0 saturated carbocycles. The lowest BCUT2D eigenvalue weighted by molar-refractivity contribution is 0.355. The first-order valence-electron chi connectivity index (χ1n) is 7.71. The van der Waals surface area contributed by atoms with E-state index in [-0.39, 0.29) is 0 Å². The molecule has 0 saturated heterocycles. The van der Waals surface area contributed by atoms with E-state index in [9.17, 15) is 0 Å². The molecular formula is C18H19N5O2. The molecule has 3 aromatic rings. The molecule has 0 fully saturated rings. The molecule has 7 heteroatoms. The van der Waals surface area contributed by atoms with E-state index in [0.29, 0.717) is 23.3 Å². The maximum atomic E-state index is 5.30. The van der Waals surface area contributed by atoms with Gasteiger partial charge in [-0.3, -0.25) is 0 Å². The molecule has 1 heterocycles. The molecule has 7 nitrogen and oxygen atoms in total. The van der Waals surface area contributed by atoms with Crippen LogP contribution in [0, 0.1) is 6.92 Å². The summed E-state index contributed by atoms with van der Waals surface area (Å²) in [6.45, 7) is 2.03. The number of hydrogen-bond donors (Lipinski definition) is 2. The van der Waals surface area contributed by atoms with Crippen LogP contribution in [-0.2, 0) is 0 Å². The molecule has 0 aliphatic carbocycles. The van der Waals surface area contributed by atoms with E-state index in [1.807, 2.05) is 49.4 Å². The van der Waals surface area contributed by atoms with Crippen molar-refractivity contribution < 1.29 is 9.47 Å². The SMILES string of the molecule is COc1ccc(Nc2nncc(Nc3ccccc3C)n2)cc1OC. The number of anilines is 4. The summed E-state index contributed by atoms with van der Waals surface area (Å²) in [7, 11) is 3.19. The predicted molar refractivity (Wildman–Crippen MR) is 97.1 cm³/mol. The van der Waals surface area contributed by atoms with Gasteiger partial charge in [0, 0.05) is 17.4 Å². The number of nitrogens with zero attached hydrogens (tertiary/aromatic N) is 3. The lowest BCUT2D eigenvalue weighted by Crippen LogP contribution is -2.03. The second-order valence-electron chi connectivity index (χ2n) is 5.30. The van der Waals surface area contributed by atoms with Crippen LogP contribution in [0.4, 0.5) is 23.1 Å². The fourth-order valence-electron chi connectivity index (χ4n) is 2.31. The normalized spacial score (nSPS) is 10.2. The quantitative estimate of drug-likeness (QED) is 0.710. The van der Waals surface area contributed by atoms with Crippen molar-refractivity contribution >= 4 is 23.1 Å². The Morgan fingerprint density at radius 1 is 0.920 bits per heavy atom. The third-order valence-corrected chi connectivity index (χ3v) is 3.61. The number of aromatic nitrogens is 3. The maximum absolute atomic E-state index is 5.30. The fraction of sp³-hybridized carbons (Fsp3) is 0.167. The molecule has 0 aliphatic rings. The minimum absolute atomic E-state index is 0.380. The minimum Gasteiger partial charge on any atom is -0.493 e. The summed E-state index contributed by atoms with van der Waals surface area (Å²) < 4.78 is 10.5. The largest absolute Gasteiger partial charge is 0.493 e. The molecule has 128 valence electrons. The number of benzene rings is 2. The Morgan fingerprint density at radius 3 is 2.48 bits per heavy atom. The van der Waals surface area contributed by atoms with E-state index in [2.05, 4.69) is 25.8 Å². The van der Waals surface area contributed by atoms with Gasteiger partial charge in [0.25, 0.3) is 0 Å². The van der Waals surface area contributed by atoms with E-state index in [4.69, 9.17) is 9.47 Å². The third kappa shape index (κ3) is 3.95. The van der Waals surface area contributed by atoms with Crippen LogP contribution in [0.1, 0.15) is 5.56 Å². The smallest absolute Gasteiger partial charge is 0.249 e. The summed E-state index contributed by atoms with van der Waals surface area (Å²) in [6, 6.07) is 13.4. The van der Waals surface area contributed by atoms with Gasteiger partial charge in [-0.05, 0) is 30.7 Å². The molecule has 2 aromatic carbocycles. The minimum atomic E-state index is 0.380. The van der Waals surface area contributed by atoms with Gasteiger partial charge in [-0.1, -0.05) is 18.2 Å². The molecule has 0 amide bonds. The standard InChI is InChI=1S/C18H19N5O2/c1-12-6-4-5-7-14(12)21-17-11-19-23-18(22-17)20-13-8-9-15(24-2)16(10-13)25-3/h4-11H,1-3H3,(H2,20,21,22,23). The van der Waals surface area contributed by atoms with Crippen molar-refractivity contribution in [2.45, 2.75) is 6.92 Å². The lowest BCUT2D eigenvalue weighted by Gasteiger charge is -2.11. The Morgan fingerprint density at radius 2 is 1.72 bits per heavy atom. The zero-order chi connectivity index (χ0) is 17.6. The second-order valence-corrected chi connectivity index (χ2v) is 5.30. The average Bonchev–Trinajstić information content (AvgIpc) is 2.64. The highest BCUT2D eigenvalue weighted by molar-refractivity contribution is 5.63. The van der Waals surface area contributed by atoms with E-state index in [1.54, 1.807) is 20.4 Å². The van der Waals surface area contributed by atoms with E-state index in [1.165, 1.54) is 0 Å². The first-order chi connectivity index (χ1) is 12.2. The van der Waals surface area contributed by atoms with Gasteiger partial charge >= 0.3 is 0 Å². The summed E-state index contributed by atoms with van der Waals surface area (Å²) in [5.74, 6) is 2.26. The van der Waals surface area contributed by atoms with Gasteiger partial charge in [0.15, 0.2) is 17.3 Å². The summed E-state index contributed by atoms with van der Waals surface area (Å²) in [5.41, 5.74) is 2.86. The Hall–Kier alpha value is -3.35. The number of hydrogen-bond acceptors (Lipinski definition) is 7. The van der Waals surface area contributed by atoms with Crippen molar-refractivity contribution in [3.05, 3.63) is 54.2 Å². The van der Waals surface area contributed by atoms with Crippen molar-refractivity contribution in [3.63, 3.8) is 0 Å². The number of methoxy groups -OCH3 is 2. The summed E-state index contributed by atoms with van der Waals surface area (Å²) in [5, 5.41) is 14.4. The predicted octanol–water partition coefficient (Wildman–Crippen LogP) is 3.68. The molecule has 0 atom stereocenters. The average molecular weight is 337 g/mol. The Kier molecular flexibility index (Phi) is 4.94. The summed E-state index contributed by atoms with van der Waals surface area (Å²) >= 11 is 0. The van der Waals surface area contributed by atoms with Crippen LogP contribution in [0.5, 0.6) is 11.5 Å². The van der Waals surface area contributed by atoms with Crippen molar-refractivity contribution in [1.82, 2.24) is 15.2 Å². The highest BCUT2D eigenvalue weighted by Crippen LogP contribution is 2.30. The van der Waals surface area contributed by atoms with Crippen molar-refractivity contribution in [3.8, 4) is 11.5 Å². The highest BCUT2D eigenvalue weighted by atomic mass is 16.5. The Labute approximate surface area is 146 Å². The van der Waals surface area contributed by atoms with Crippen molar-refractivity contribution in [1.29, 1.82) is 0 Å². The van der Waals surface area contributed by atoms with E-state index >= 15 is 0 Å². The fourth-order valence-corrected chi connectivity index (χ4v) is 2.31. The number of para-hydroxylation sites is 1. The van der Waals surface area contributed by atoms with E-state index in [0.717, 1.165) is 16.9 Å². The molecule has 0 aliphatic heterocycles. The summed E-state index contributed by atoms with van der Waals surface area (Å²) in [6.07, 6.45) is 1.58. The van der Waals surface area contributed by atoms with Crippen LogP contribution in [0.2, 0.25) is 0 Å². The van der Waals surface area contributed by atoms with Crippen LogP contribution >= 0.6 is 0 Å². The number of aryl methyl sites for hydroxylation is 1. The molecule has 2 N–H and O–H groups in total. The van der Waals surface area contributed by atoms with Gasteiger partial charge in [0.05, 0.1) is 20.4 Å². The highest BCUT2D eigenvalue weighted by Gasteiger charge is 2.07. The molecule has 0 unspecified atom stereocenters. The number of rotatable bonds is 6. The molecule has 0 spiro atoms. The van der Waals surface area contributed by atoms with Crippen LogP contribution in [-0.4, -0.2) is 29.4 Å². The molecule has 1 aromatic heterocycles. The first kappa shape index (κ1) is 16.5. The van der Waals surface area contributed by atoms with Crippen LogP contribution in [0.3, 0.4) is 0 Å². The monoisotopic (exact) mass is 337 g/mol. The lowest BCUT2D eigenvalue weighted by atomic mass is 10.2. The van der Waals surface area contributed by atoms with Gasteiger partial charge in [-0.25, -0.2) is 0 Å². The maximum Gasteiger partial charge on any atom is 0.249 e. The van der Waals surface area contributed by atoms with E-state index < -0.39 is 0 Å². The van der Waals surface area contributed by atoms with Gasteiger partial charge in [0.1, 0.15) is 0 Å². The topological polar surface area (TPSA) is 81.2 Å². The molecule has 25 heavy (non-hydrogen) atoms.